The maximum Gasteiger partial charge on any atom is 0.181 e. The SMILES string of the molecule is C=C1C(COC2CCCCO2)=C(Cl)N=C2C(OC)=CC=CN12. The van der Waals surface area contributed by atoms with E-state index in [1.54, 1.807) is 7.11 Å². The first kappa shape index (κ1) is 15.3. The predicted molar refractivity (Wildman–Crippen MR) is 85.1 cm³/mol. The van der Waals surface area contributed by atoms with Crippen LogP contribution in [0.15, 0.2) is 52.1 Å². The summed E-state index contributed by atoms with van der Waals surface area (Å²) >= 11 is 6.31. The van der Waals surface area contributed by atoms with Gasteiger partial charge >= 0.3 is 0 Å². The van der Waals surface area contributed by atoms with Crippen LogP contribution in [0.3, 0.4) is 0 Å². The minimum Gasteiger partial charge on any atom is -0.493 e. The maximum absolute atomic E-state index is 6.31. The molecule has 22 heavy (non-hydrogen) atoms. The molecule has 1 fully saturated rings. The van der Waals surface area contributed by atoms with Crippen LogP contribution in [-0.2, 0) is 14.2 Å². The Balaban J connectivity index is 1.76. The molecular formula is C16H19ClN2O3. The molecule has 3 aliphatic heterocycles. The van der Waals surface area contributed by atoms with Crippen LogP contribution in [0.1, 0.15) is 19.3 Å². The van der Waals surface area contributed by atoms with E-state index in [9.17, 15) is 0 Å². The number of hydrogen-bond donors (Lipinski definition) is 0. The maximum atomic E-state index is 6.31. The fraction of sp³-hybridized carbons (Fsp3) is 0.438. The van der Waals surface area contributed by atoms with Crippen LogP contribution in [0.2, 0.25) is 0 Å². The van der Waals surface area contributed by atoms with Crippen molar-refractivity contribution < 1.29 is 14.2 Å². The van der Waals surface area contributed by atoms with Crippen LogP contribution in [0, 0.1) is 0 Å². The quantitative estimate of drug-likeness (QED) is 0.745. The van der Waals surface area contributed by atoms with Crippen molar-refractivity contribution in [3.05, 3.63) is 47.1 Å². The third kappa shape index (κ3) is 2.97. The number of fused-ring (bicyclic) bond motifs is 1. The van der Waals surface area contributed by atoms with Gasteiger partial charge in [-0.15, -0.1) is 0 Å². The highest BCUT2D eigenvalue weighted by atomic mass is 35.5. The lowest BCUT2D eigenvalue weighted by atomic mass is 10.1. The molecule has 0 radical (unpaired) electrons. The number of ether oxygens (including phenoxy) is 3. The molecule has 5 nitrogen and oxygen atoms in total. The Hall–Kier alpha value is -1.56. The van der Waals surface area contributed by atoms with Crippen LogP contribution in [-0.4, -0.2) is 37.3 Å². The molecule has 3 rings (SSSR count). The highest BCUT2D eigenvalue weighted by molar-refractivity contribution is 6.31. The molecule has 0 aromatic carbocycles. The molecule has 0 bridgehead atoms. The van der Waals surface area contributed by atoms with E-state index in [-0.39, 0.29) is 6.29 Å². The van der Waals surface area contributed by atoms with Gasteiger partial charge in [-0.3, -0.25) is 4.90 Å². The summed E-state index contributed by atoms with van der Waals surface area (Å²) in [5, 5.41) is 0.380. The lowest BCUT2D eigenvalue weighted by Gasteiger charge is -2.32. The van der Waals surface area contributed by atoms with Crippen molar-refractivity contribution in [2.24, 2.45) is 4.99 Å². The summed E-state index contributed by atoms with van der Waals surface area (Å²) in [6, 6.07) is 0. The summed E-state index contributed by atoms with van der Waals surface area (Å²) in [7, 11) is 1.60. The van der Waals surface area contributed by atoms with E-state index in [0.717, 1.165) is 37.1 Å². The molecule has 3 heterocycles. The molecule has 3 aliphatic rings. The van der Waals surface area contributed by atoms with Gasteiger partial charge in [0.25, 0.3) is 0 Å². The number of allylic oxidation sites excluding steroid dienone is 2. The number of amidine groups is 1. The highest BCUT2D eigenvalue weighted by Crippen LogP contribution is 2.31. The Bertz CT molecular complexity index is 586. The third-order valence-corrected chi connectivity index (χ3v) is 4.11. The van der Waals surface area contributed by atoms with Crippen LogP contribution in [0.4, 0.5) is 0 Å². The lowest BCUT2D eigenvalue weighted by molar-refractivity contribution is -0.156. The minimum absolute atomic E-state index is 0.171. The first-order valence-electron chi connectivity index (χ1n) is 7.32. The van der Waals surface area contributed by atoms with E-state index in [2.05, 4.69) is 11.6 Å². The van der Waals surface area contributed by atoms with Gasteiger partial charge in [-0.2, -0.15) is 0 Å². The van der Waals surface area contributed by atoms with Gasteiger partial charge in [0, 0.05) is 24.1 Å². The van der Waals surface area contributed by atoms with Crippen molar-refractivity contribution in [3.8, 4) is 0 Å². The Labute approximate surface area is 135 Å². The second-order valence-electron chi connectivity index (χ2n) is 5.21. The van der Waals surface area contributed by atoms with E-state index in [0.29, 0.717) is 23.4 Å². The number of methoxy groups -OCH3 is 1. The van der Waals surface area contributed by atoms with Crippen molar-refractivity contribution in [1.82, 2.24) is 4.90 Å². The van der Waals surface area contributed by atoms with Crippen molar-refractivity contribution >= 4 is 17.4 Å². The zero-order valence-electron chi connectivity index (χ0n) is 12.5. The Morgan fingerprint density at radius 1 is 1.50 bits per heavy atom. The summed E-state index contributed by atoms with van der Waals surface area (Å²) < 4.78 is 16.7. The smallest absolute Gasteiger partial charge is 0.181 e. The zero-order valence-corrected chi connectivity index (χ0v) is 13.3. The average Bonchev–Trinajstić information content (AvgIpc) is 2.55. The predicted octanol–water partition coefficient (Wildman–Crippen LogP) is 3.27. The van der Waals surface area contributed by atoms with E-state index in [4.69, 9.17) is 25.8 Å². The number of hydrogen-bond acceptors (Lipinski definition) is 5. The summed E-state index contributed by atoms with van der Waals surface area (Å²) in [5.41, 5.74) is 1.51. The number of halogens is 1. The molecular weight excluding hydrogens is 304 g/mol. The molecule has 1 unspecified atom stereocenters. The summed E-state index contributed by atoms with van der Waals surface area (Å²) in [5.74, 6) is 1.29. The van der Waals surface area contributed by atoms with Gasteiger partial charge in [-0.1, -0.05) is 18.2 Å². The molecule has 0 spiro atoms. The molecule has 0 amide bonds. The van der Waals surface area contributed by atoms with Crippen LogP contribution in [0.25, 0.3) is 0 Å². The van der Waals surface area contributed by atoms with Gasteiger partial charge in [-0.05, 0) is 31.4 Å². The normalized spacial score (nSPS) is 24.9. The summed E-state index contributed by atoms with van der Waals surface area (Å²) in [6.07, 6.45) is 8.55. The average molecular weight is 323 g/mol. The van der Waals surface area contributed by atoms with Crippen molar-refractivity contribution in [3.63, 3.8) is 0 Å². The Kier molecular flexibility index (Phi) is 4.66. The van der Waals surface area contributed by atoms with Crippen LogP contribution < -0.4 is 0 Å². The molecule has 1 atom stereocenters. The monoisotopic (exact) mass is 322 g/mol. The van der Waals surface area contributed by atoms with E-state index in [1.165, 1.54) is 0 Å². The molecule has 0 saturated carbocycles. The second kappa shape index (κ2) is 6.69. The lowest BCUT2D eigenvalue weighted by Crippen LogP contribution is -2.34. The fourth-order valence-corrected chi connectivity index (χ4v) is 2.80. The number of nitrogens with zero attached hydrogens (tertiary/aromatic N) is 2. The zero-order chi connectivity index (χ0) is 15.5. The van der Waals surface area contributed by atoms with Crippen molar-refractivity contribution in [2.45, 2.75) is 25.6 Å². The highest BCUT2D eigenvalue weighted by Gasteiger charge is 2.29. The molecule has 0 aliphatic carbocycles. The standard InChI is InChI=1S/C16H19ClN2O3/c1-11-12(10-22-14-7-3-4-9-21-14)15(17)18-16-13(20-2)6-5-8-19(11)16/h5-6,8,14H,1,3-4,7,9-10H2,2H3. The second-order valence-corrected chi connectivity index (χ2v) is 5.56. The molecule has 6 heteroatoms. The number of rotatable bonds is 4. The van der Waals surface area contributed by atoms with E-state index >= 15 is 0 Å². The van der Waals surface area contributed by atoms with Crippen molar-refractivity contribution in [1.29, 1.82) is 0 Å². The largest absolute Gasteiger partial charge is 0.493 e. The summed E-state index contributed by atoms with van der Waals surface area (Å²) in [4.78, 5) is 6.27. The van der Waals surface area contributed by atoms with Gasteiger partial charge in [0.15, 0.2) is 17.9 Å². The fourth-order valence-electron chi connectivity index (χ4n) is 2.55. The van der Waals surface area contributed by atoms with Gasteiger partial charge in [0.2, 0.25) is 0 Å². The molecule has 0 aromatic rings. The summed E-state index contributed by atoms with van der Waals surface area (Å²) in [6.45, 7) is 5.19. The molecule has 0 aromatic heterocycles. The van der Waals surface area contributed by atoms with E-state index in [1.807, 2.05) is 23.3 Å². The molecule has 1 saturated heterocycles. The van der Waals surface area contributed by atoms with Crippen LogP contribution >= 0.6 is 11.6 Å². The van der Waals surface area contributed by atoms with Crippen molar-refractivity contribution in [2.75, 3.05) is 20.3 Å². The van der Waals surface area contributed by atoms with E-state index < -0.39 is 0 Å². The Morgan fingerprint density at radius 2 is 2.36 bits per heavy atom. The topological polar surface area (TPSA) is 43.3 Å². The van der Waals surface area contributed by atoms with Gasteiger partial charge in [0.05, 0.1) is 13.7 Å². The minimum atomic E-state index is -0.171. The molecule has 0 N–H and O–H groups in total. The van der Waals surface area contributed by atoms with Gasteiger partial charge in [0.1, 0.15) is 5.16 Å². The third-order valence-electron chi connectivity index (χ3n) is 3.79. The number of aliphatic imine (C=N–C) groups is 1. The Morgan fingerprint density at radius 3 is 3.09 bits per heavy atom. The van der Waals surface area contributed by atoms with Crippen LogP contribution in [0.5, 0.6) is 0 Å². The first-order valence-corrected chi connectivity index (χ1v) is 7.70. The first-order chi connectivity index (χ1) is 10.7. The van der Waals surface area contributed by atoms with Gasteiger partial charge < -0.3 is 14.2 Å². The van der Waals surface area contributed by atoms with Gasteiger partial charge in [-0.25, -0.2) is 4.99 Å². The molecule has 118 valence electrons.